The fourth-order valence-corrected chi connectivity index (χ4v) is 3.99. The van der Waals surface area contributed by atoms with Gasteiger partial charge in [0, 0.05) is 16.5 Å². The van der Waals surface area contributed by atoms with Gasteiger partial charge in [-0.15, -0.1) is 0 Å². The van der Waals surface area contributed by atoms with Crippen LogP contribution in [0.25, 0.3) is 38.8 Å². The van der Waals surface area contributed by atoms with Crippen LogP contribution in [0.15, 0.2) is 54.9 Å². The zero-order valence-corrected chi connectivity index (χ0v) is 17.7. The van der Waals surface area contributed by atoms with E-state index in [9.17, 15) is 13.2 Å². The van der Waals surface area contributed by atoms with Gasteiger partial charge in [-0.1, -0.05) is 32.0 Å². The topological polar surface area (TPSA) is 58.9 Å². The van der Waals surface area contributed by atoms with E-state index in [1.807, 2.05) is 19.1 Å². The first kappa shape index (κ1) is 20.2. The van der Waals surface area contributed by atoms with Crippen molar-refractivity contribution < 1.29 is 13.2 Å². The van der Waals surface area contributed by atoms with Crippen LogP contribution in [0.4, 0.5) is 13.2 Å². The van der Waals surface area contributed by atoms with Gasteiger partial charge in [0.25, 0.3) is 0 Å². The molecular formula is C24H20F3N5. The number of halogens is 3. The Morgan fingerprint density at radius 2 is 1.81 bits per heavy atom. The molecule has 162 valence electrons. The predicted octanol–water partition coefficient (Wildman–Crippen LogP) is 6.39. The number of hydrogen-bond acceptors (Lipinski definition) is 3. The van der Waals surface area contributed by atoms with Crippen molar-refractivity contribution in [2.45, 2.75) is 32.9 Å². The van der Waals surface area contributed by atoms with Gasteiger partial charge in [0.1, 0.15) is 6.33 Å². The summed E-state index contributed by atoms with van der Waals surface area (Å²) in [5.41, 5.74) is 5.61. The highest BCUT2D eigenvalue weighted by Crippen LogP contribution is 2.36. The maximum atomic E-state index is 13.2. The first-order valence-corrected chi connectivity index (χ1v) is 10.2. The molecule has 5 rings (SSSR count). The fraction of sp³-hybridized carbons (Fsp3) is 0.208. The van der Waals surface area contributed by atoms with Gasteiger partial charge in [-0.25, -0.2) is 9.50 Å². The molecule has 0 aliphatic carbocycles. The molecule has 3 aromatic heterocycles. The van der Waals surface area contributed by atoms with E-state index in [0.717, 1.165) is 51.1 Å². The summed E-state index contributed by atoms with van der Waals surface area (Å²) in [4.78, 5) is 4.38. The van der Waals surface area contributed by atoms with Crippen molar-refractivity contribution in [1.29, 1.82) is 0 Å². The molecule has 0 radical (unpaired) electrons. The fourth-order valence-electron chi connectivity index (χ4n) is 3.99. The molecule has 1 N–H and O–H groups in total. The molecule has 0 amide bonds. The second kappa shape index (κ2) is 7.19. The van der Waals surface area contributed by atoms with Crippen LogP contribution in [0, 0.1) is 6.92 Å². The third-order valence-corrected chi connectivity index (χ3v) is 5.63. The molecule has 0 atom stereocenters. The van der Waals surface area contributed by atoms with Crippen molar-refractivity contribution in [2.24, 2.45) is 0 Å². The minimum atomic E-state index is -4.41. The van der Waals surface area contributed by atoms with Crippen LogP contribution in [0.5, 0.6) is 0 Å². The van der Waals surface area contributed by atoms with Gasteiger partial charge in [-0.05, 0) is 48.7 Å². The van der Waals surface area contributed by atoms with Gasteiger partial charge in [-0.3, -0.25) is 5.10 Å². The van der Waals surface area contributed by atoms with E-state index in [1.165, 1.54) is 6.07 Å². The molecule has 0 aliphatic rings. The van der Waals surface area contributed by atoms with Gasteiger partial charge < -0.3 is 0 Å². The third-order valence-electron chi connectivity index (χ3n) is 5.63. The smallest absolute Gasteiger partial charge is 0.278 e. The number of alkyl halides is 3. The average molecular weight is 435 g/mol. The van der Waals surface area contributed by atoms with Gasteiger partial charge in [0.2, 0.25) is 0 Å². The summed E-state index contributed by atoms with van der Waals surface area (Å²) >= 11 is 0. The molecule has 0 fully saturated rings. The van der Waals surface area contributed by atoms with Crippen molar-refractivity contribution in [3.63, 3.8) is 0 Å². The number of rotatable bonds is 3. The van der Waals surface area contributed by atoms with Gasteiger partial charge in [0.05, 0.1) is 33.7 Å². The van der Waals surface area contributed by atoms with E-state index in [0.29, 0.717) is 11.3 Å². The van der Waals surface area contributed by atoms with Crippen molar-refractivity contribution >= 4 is 16.4 Å². The number of aromatic nitrogens is 5. The van der Waals surface area contributed by atoms with Crippen LogP contribution in [-0.4, -0.2) is 24.8 Å². The molecule has 0 saturated carbocycles. The molecule has 5 nitrogen and oxygen atoms in total. The summed E-state index contributed by atoms with van der Waals surface area (Å²) in [6.07, 6.45) is -2.85. The minimum Gasteiger partial charge on any atom is -0.278 e. The lowest BCUT2D eigenvalue weighted by Crippen LogP contribution is -2.04. The lowest BCUT2D eigenvalue weighted by molar-refractivity contribution is -0.137. The van der Waals surface area contributed by atoms with Crippen LogP contribution in [0.1, 0.15) is 36.7 Å². The number of fused-ring (bicyclic) bond motifs is 2. The van der Waals surface area contributed by atoms with Gasteiger partial charge in [0.15, 0.2) is 0 Å². The minimum absolute atomic E-state index is 0.142. The number of nitrogens with one attached hydrogen (secondary N) is 1. The second-order valence-corrected chi connectivity index (χ2v) is 8.17. The molecule has 0 saturated heterocycles. The molecule has 2 aromatic carbocycles. The molecule has 0 aliphatic heterocycles. The van der Waals surface area contributed by atoms with Crippen molar-refractivity contribution in [3.05, 3.63) is 71.8 Å². The first-order valence-electron chi connectivity index (χ1n) is 10.2. The monoisotopic (exact) mass is 435 g/mol. The highest BCUT2D eigenvalue weighted by atomic mass is 19.4. The molecule has 0 spiro atoms. The maximum absolute atomic E-state index is 13.2. The van der Waals surface area contributed by atoms with Crippen molar-refractivity contribution in [1.82, 2.24) is 24.8 Å². The Labute approximate surface area is 181 Å². The Morgan fingerprint density at radius 1 is 1.00 bits per heavy atom. The Hall–Kier alpha value is -3.68. The first-order chi connectivity index (χ1) is 15.2. The molecule has 32 heavy (non-hydrogen) atoms. The number of aryl methyl sites for hydroxylation is 1. The molecule has 3 heterocycles. The van der Waals surface area contributed by atoms with Crippen LogP contribution < -0.4 is 0 Å². The number of nitrogens with zero attached hydrogens (tertiary/aromatic N) is 4. The van der Waals surface area contributed by atoms with E-state index < -0.39 is 11.7 Å². The SMILES string of the molecule is Cc1n[nH]c2ccc(-c3c(C(C)C)nn4cnc(-c5cccc(C(F)(F)F)c5)cc34)cc12. The zero-order valence-electron chi connectivity index (χ0n) is 17.7. The van der Waals surface area contributed by atoms with Crippen LogP contribution >= 0.6 is 0 Å². The Balaban J connectivity index is 1.73. The lowest BCUT2D eigenvalue weighted by atomic mass is 9.96. The van der Waals surface area contributed by atoms with E-state index in [4.69, 9.17) is 5.10 Å². The number of hydrogen-bond donors (Lipinski definition) is 1. The van der Waals surface area contributed by atoms with E-state index in [1.54, 1.807) is 23.0 Å². The maximum Gasteiger partial charge on any atom is 0.416 e. The number of aromatic amines is 1. The zero-order chi connectivity index (χ0) is 22.6. The Morgan fingerprint density at radius 3 is 2.56 bits per heavy atom. The van der Waals surface area contributed by atoms with Crippen LogP contribution in [0.2, 0.25) is 0 Å². The van der Waals surface area contributed by atoms with Gasteiger partial charge in [-0.2, -0.15) is 23.4 Å². The van der Waals surface area contributed by atoms with Crippen molar-refractivity contribution in [2.75, 3.05) is 0 Å². The average Bonchev–Trinajstić information content (AvgIpc) is 3.33. The molecular weight excluding hydrogens is 415 g/mol. The van der Waals surface area contributed by atoms with Crippen molar-refractivity contribution in [3.8, 4) is 22.4 Å². The molecule has 0 unspecified atom stereocenters. The van der Waals surface area contributed by atoms with E-state index >= 15 is 0 Å². The standard InChI is InChI=1S/C24H20F3N5/c1-13(2)23-22(16-7-8-19-18(10-16)14(3)29-30-19)21-11-20(28-12-32(21)31-23)15-5-4-6-17(9-15)24(25,26)27/h4-13H,1-3H3,(H,29,30). The van der Waals surface area contributed by atoms with Crippen LogP contribution in [0.3, 0.4) is 0 Å². The predicted molar refractivity (Wildman–Crippen MR) is 117 cm³/mol. The summed E-state index contributed by atoms with van der Waals surface area (Å²) in [6.45, 7) is 6.07. The summed E-state index contributed by atoms with van der Waals surface area (Å²) in [5, 5.41) is 13.0. The number of benzene rings is 2. The summed E-state index contributed by atoms with van der Waals surface area (Å²) in [5.74, 6) is 0.142. The number of H-pyrrole nitrogens is 1. The molecule has 5 aromatic rings. The highest BCUT2D eigenvalue weighted by Gasteiger charge is 2.30. The molecule has 8 heteroatoms. The second-order valence-electron chi connectivity index (χ2n) is 8.17. The molecule has 0 bridgehead atoms. The largest absolute Gasteiger partial charge is 0.416 e. The Bertz CT molecular complexity index is 1460. The lowest BCUT2D eigenvalue weighted by Gasteiger charge is -2.09. The highest BCUT2D eigenvalue weighted by molar-refractivity contribution is 5.92. The quantitative estimate of drug-likeness (QED) is 0.357. The van der Waals surface area contributed by atoms with E-state index in [-0.39, 0.29) is 5.92 Å². The third kappa shape index (κ3) is 3.32. The summed E-state index contributed by atoms with van der Waals surface area (Å²) in [7, 11) is 0. The summed E-state index contributed by atoms with van der Waals surface area (Å²) < 4.78 is 41.3. The normalized spacial score (nSPS) is 12.3. The van der Waals surface area contributed by atoms with Gasteiger partial charge >= 0.3 is 6.18 Å². The van der Waals surface area contributed by atoms with Crippen LogP contribution in [-0.2, 0) is 6.18 Å². The Kier molecular flexibility index (Phi) is 4.54. The van der Waals surface area contributed by atoms with E-state index in [2.05, 4.69) is 35.1 Å². The summed E-state index contributed by atoms with van der Waals surface area (Å²) in [6, 6.07) is 13.1.